The lowest BCUT2D eigenvalue weighted by Crippen LogP contribution is -2.28. The molecule has 0 saturated heterocycles. The Balaban J connectivity index is 2.48. The van der Waals surface area contributed by atoms with E-state index in [2.05, 4.69) is 0 Å². The Morgan fingerprint density at radius 3 is 2.30 bits per heavy atom. The molecule has 0 aliphatic heterocycles. The van der Waals surface area contributed by atoms with Crippen LogP contribution >= 0.6 is 0 Å². The van der Waals surface area contributed by atoms with E-state index < -0.39 is 5.60 Å². The number of hydrogen-bond donors (Lipinski definition) is 1. The molecule has 0 aromatic rings. The zero-order valence-electron chi connectivity index (χ0n) is 6.64. The third kappa shape index (κ3) is 1.84. The largest absolute Gasteiger partial charge is 0.386 e. The second-order valence-electron chi connectivity index (χ2n) is 3.16. The van der Waals surface area contributed by atoms with Crippen molar-refractivity contribution in [2.45, 2.75) is 44.6 Å². The minimum Gasteiger partial charge on any atom is -0.386 e. The SMILES string of the molecule is CC=CC1(O)CCCCC1. The van der Waals surface area contributed by atoms with Crippen molar-refractivity contribution >= 4 is 0 Å². The topological polar surface area (TPSA) is 20.2 Å². The maximum absolute atomic E-state index is 9.78. The lowest BCUT2D eigenvalue weighted by molar-refractivity contribution is 0.0512. The second-order valence-corrected chi connectivity index (χ2v) is 3.16. The molecule has 1 nitrogen and oxygen atoms in total. The van der Waals surface area contributed by atoms with Crippen LogP contribution in [0.2, 0.25) is 0 Å². The van der Waals surface area contributed by atoms with Crippen LogP contribution in [-0.4, -0.2) is 10.7 Å². The van der Waals surface area contributed by atoms with Crippen LogP contribution in [0.5, 0.6) is 0 Å². The van der Waals surface area contributed by atoms with Gasteiger partial charge in [-0.15, -0.1) is 0 Å². The van der Waals surface area contributed by atoms with Crippen LogP contribution < -0.4 is 0 Å². The molecule has 0 spiro atoms. The summed E-state index contributed by atoms with van der Waals surface area (Å²) in [6.45, 7) is 1.96. The van der Waals surface area contributed by atoms with Crippen LogP contribution in [0.4, 0.5) is 0 Å². The monoisotopic (exact) mass is 140 g/mol. The summed E-state index contributed by atoms with van der Waals surface area (Å²) in [6, 6.07) is 0. The smallest absolute Gasteiger partial charge is 0.0827 e. The first-order valence-corrected chi connectivity index (χ1v) is 4.13. The highest BCUT2D eigenvalue weighted by atomic mass is 16.3. The van der Waals surface area contributed by atoms with Gasteiger partial charge in [-0.1, -0.05) is 31.4 Å². The van der Waals surface area contributed by atoms with E-state index in [9.17, 15) is 5.11 Å². The van der Waals surface area contributed by atoms with Gasteiger partial charge >= 0.3 is 0 Å². The Morgan fingerprint density at radius 2 is 1.80 bits per heavy atom. The molecule has 1 N–H and O–H groups in total. The van der Waals surface area contributed by atoms with E-state index in [0.717, 1.165) is 12.8 Å². The second kappa shape index (κ2) is 3.20. The molecular weight excluding hydrogens is 124 g/mol. The number of allylic oxidation sites excluding steroid dienone is 1. The molecule has 0 unspecified atom stereocenters. The molecule has 0 aromatic heterocycles. The summed E-state index contributed by atoms with van der Waals surface area (Å²) in [7, 11) is 0. The van der Waals surface area contributed by atoms with Crippen LogP contribution in [0.1, 0.15) is 39.0 Å². The summed E-state index contributed by atoms with van der Waals surface area (Å²) in [5.74, 6) is 0. The van der Waals surface area contributed by atoms with Gasteiger partial charge < -0.3 is 5.11 Å². The maximum Gasteiger partial charge on any atom is 0.0827 e. The van der Waals surface area contributed by atoms with E-state index >= 15 is 0 Å². The molecule has 0 heterocycles. The Kier molecular flexibility index (Phi) is 2.50. The first-order valence-electron chi connectivity index (χ1n) is 4.13. The van der Waals surface area contributed by atoms with Crippen molar-refractivity contribution in [3.8, 4) is 0 Å². The van der Waals surface area contributed by atoms with E-state index in [-0.39, 0.29) is 0 Å². The van der Waals surface area contributed by atoms with Crippen molar-refractivity contribution in [2.75, 3.05) is 0 Å². The van der Waals surface area contributed by atoms with Gasteiger partial charge in [-0.3, -0.25) is 0 Å². The predicted molar refractivity (Wildman–Crippen MR) is 42.8 cm³/mol. The summed E-state index contributed by atoms with van der Waals surface area (Å²) in [6.07, 6.45) is 9.45. The molecule has 1 rings (SSSR count). The van der Waals surface area contributed by atoms with Crippen molar-refractivity contribution in [1.82, 2.24) is 0 Å². The van der Waals surface area contributed by atoms with Gasteiger partial charge in [-0.25, -0.2) is 0 Å². The van der Waals surface area contributed by atoms with Crippen LogP contribution in [0.3, 0.4) is 0 Å². The normalized spacial score (nSPS) is 25.4. The van der Waals surface area contributed by atoms with Crippen LogP contribution in [0, 0.1) is 0 Å². The fourth-order valence-electron chi connectivity index (χ4n) is 1.64. The summed E-state index contributed by atoms with van der Waals surface area (Å²) in [5.41, 5.74) is -0.451. The Bertz CT molecular complexity index is 121. The lowest BCUT2D eigenvalue weighted by atomic mass is 9.85. The Labute approximate surface area is 62.8 Å². The van der Waals surface area contributed by atoms with Crippen LogP contribution in [-0.2, 0) is 0 Å². The molecule has 0 atom stereocenters. The van der Waals surface area contributed by atoms with Crippen LogP contribution in [0.25, 0.3) is 0 Å². The third-order valence-corrected chi connectivity index (χ3v) is 2.20. The highest BCUT2D eigenvalue weighted by molar-refractivity contribution is 5.00. The molecule has 0 aromatic carbocycles. The fraction of sp³-hybridized carbons (Fsp3) is 0.778. The van der Waals surface area contributed by atoms with Crippen LogP contribution in [0.15, 0.2) is 12.2 Å². The minimum absolute atomic E-state index is 0.451. The number of aliphatic hydroxyl groups is 1. The Hall–Kier alpha value is -0.300. The summed E-state index contributed by atoms with van der Waals surface area (Å²) < 4.78 is 0. The molecule has 0 radical (unpaired) electrons. The van der Waals surface area contributed by atoms with Gasteiger partial charge in [0.15, 0.2) is 0 Å². The minimum atomic E-state index is -0.451. The average Bonchev–Trinajstić information content (AvgIpc) is 1.89. The van der Waals surface area contributed by atoms with Crippen molar-refractivity contribution in [1.29, 1.82) is 0 Å². The van der Waals surface area contributed by atoms with Gasteiger partial charge in [0.05, 0.1) is 5.60 Å². The molecule has 0 amide bonds. The predicted octanol–water partition coefficient (Wildman–Crippen LogP) is 2.26. The summed E-state index contributed by atoms with van der Waals surface area (Å²) in [4.78, 5) is 0. The van der Waals surface area contributed by atoms with E-state index in [4.69, 9.17) is 0 Å². The highest BCUT2D eigenvalue weighted by Crippen LogP contribution is 2.28. The van der Waals surface area contributed by atoms with Gasteiger partial charge in [0, 0.05) is 0 Å². The highest BCUT2D eigenvalue weighted by Gasteiger charge is 2.25. The van der Waals surface area contributed by atoms with E-state index in [1.165, 1.54) is 19.3 Å². The summed E-state index contributed by atoms with van der Waals surface area (Å²) in [5, 5.41) is 9.78. The molecule has 0 bridgehead atoms. The molecule has 1 aliphatic rings. The zero-order valence-corrected chi connectivity index (χ0v) is 6.64. The number of rotatable bonds is 1. The molecule has 1 fully saturated rings. The number of hydrogen-bond acceptors (Lipinski definition) is 1. The molecular formula is C9H16O. The van der Waals surface area contributed by atoms with Crippen molar-refractivity contribution in [3.05, 3.63) is 12.2 Å². The first kappa shape index (κ1) is 7.80. The van der Waals surface area contributed by atoms with Gasteiger partial charge in [0.25, 0.3) is 0 Å². The van der Waals surface area contributed by atoms with Gasteiger partial charge in [-0.2, -0.15) is 0 Å². The summed E-state index contributed by atoms with van der Waals surface area (Å²) >= 11 is 0. The molecule has 1 saturated carbocycles. The van der Waals surface area contributed by atoms with Gasteiger partial charge in [-0.05, 0) is 19.8 Å². The van der Waals surface area contributed by atoms with Gasteiger partial charge in [0.2, 0.25) is 0 Å². The lowest BCUT2D eigenvalue weighted by Gasteiger charge is -2.28. The third-order valence-electron chi connectivity index (χ3n) is 2.20. The zero-order chi connectivity index (χ0) is 7.45. The van der Waals surface area contributed by atoms with Crippen molar-refractivity contribution < 1.29 is 5.11 Å². The fourth-order valence-corrected chi connectivity index (χ4v) is 1.64. The van der Waals surface area contributed by atoms with E-state index in [1.807, 2.05) is 19.1 Å². The maximum atomic E-state index is 9.78. The standard InChI is InChI=1S/C9H16O/c1-2-6-9(10)7-4-3-5-8-9/h2,6,10H,3-5,7-8H2,1H3. The first-order chi connectivity index (χ1) is 4.77. The molecule has 1 heteroatoms. The van der Waals surface area contributed by atoms with E-state index in [0.29, 0.717) is 0 Å². The Morgan fingerprint density at radius 1 is 1.20 bits per heavy atom. The quantitative estimate of drug-likeness (QED) is 0.554. The van der Waals surface area contributed by atoms with E-state index in [1.54, 1.807) is 0 Å². The average molecular weight is 140 g/mol. The molecule has 1 aliphatic carbocycles. The van der Waals surface area contributed by atoms with Gasteiger partial charge in [0.1, 0.15) is 0 Å². The molecule has 10 heavy (non-hydrogen) atoms. The van der Waals surface area contributed by atoms with Crippen molar-refractivity contribution in [3.63, 3.8) is 0 Å². The molecule has 58 valence electrons. The van der Waals surface area contributed by atoms with Crippen molar-refractivity contribution in [2.24, 2.45) is 0 Å².